The van der Waals surface area contributed by atoms with Gasteiger partial charge in [0, 0.05) is 19.3 Å². The third kappa shape index (κ3) is 5.36. The molecule has 0 unspecified atom stereocenters. The monoisotopic (exact) mass is 556 g/mol. The quantitative estimate of drug-likeness (QED) is 0.360. The topological polar surface area (TPSA) is 112 Å². The molecule has 40 heavy (non-hydrogen) atoms. The lowest BCUT2D eigenvalue weighted by Gasteiger charge is -2.49. The van der Waals surface area contributed by atoms with Crippen molar-refractivity contribution in [3.05, 3.63) is 47.1 Å². The average molecular weight is 557 g/mol. The van der Waals surface area contributed by atoms with E-state index in [-0.39, 0.29) is 23.7 Å². The van der Waals surface area contributed by atoms with Crippen LogP contribution in [-0.4, -0.2) is 64.1 Å². The van der Waals surface area contributed by atoms with Gasteiger partial charge in [-0.15, -0.1) is 0 Å². The molecule has 2 N–H and O–H groups in total. The van der Waals surface area contributed by atoms with E-state index in [0.717, 1.165) is 25.7 Å². The highest BCUT2D eigenvalue weighted by Gasteiger charge is 2.64. The van der Waals surface area contributed by atoms with Gasteiger partial charge in [0.15, 0.2) is 17.5 Å². The summed E-state index contributed by atoms with van der Waals surface area (Å²) < 4.78 is 24.9. The molecule has 0 radical (unpaired) electrons. The number of carbonyl (C=O) groups is 2. The Morgan fingerprint density at radius 2 is 1.88 bits per heavy atom. The minimum Gasteiger partial charge on any atom is -0.462 e. The lowest BCUT2D eigenvalue weighted by atomic mass is 9.70. The minimum absolute atomic E-state index is 0.0539. The molecule has 0 aromatic rings. The Morgan fingerprint density at radius 1 is 1.10 bits per heavy atom. The summed E-state index contributed by atoms with van der Waals surface area (Å²) in [5, 5.41) is 22.8. The van der Waals surface area contributed by atoms with Gasteiger partial charge in [0.05, 0.1) is 17.8 Å². The lowest BCUT2D eigenvalue weighted by molar-refractivity contribution is -0.335. The van der Waals surface area contributed by atoms with Gasteiger partial charge in [-0.05, 0) is 63.0 Å². The smallest absolute Gasteiger partial charge is 0.337 e. The molecule has 3 fully saturated rings. The summed E-state index contributed by atoms with van der Waals surface area (Å²) in [4.78, 5) is 26.8. The SMILES string of the molecule is CC[C@H]1O[C@]2(CC[C@@H]1C)C[C@@H]1C[C@@H](C/C=C(\C)C[C@@H](C)/C=C/C=C3\C(=O)O[C@@H]4[C@H](O)C(C)=C[C@@H](C(=O)O1)[C@]34O)O2. The number of aliphatic hydroxyl groups excluding tert-OH is 1. The molecule has 0 aromatic heterocycles. The fourth-order valence-corrected chi connectivity index (χ4v) is 7.15. The molecule has 1 spiro atoms. The Kier molecular flexibility index (Phi) is 8.18. The predicted octanol–water partition coefficient (Wildman–Crippen LogP) is 4.45. The Labute approximate surface area is 237 Å². The first kappa shape index (κ1) is 29.2. The first-order valence-electron chi connectivity index (χ1n) is 14.9. The van der Waals surface area contributed by atoms with Crippen LogP contribution in [0.15, 0.2) is 47.1 Å². The van der Waals surface area contributed by atoms with Gasteiger partial charge in [-0.2, -0.15) is 0 Å². The van der Waals surface area contributed by atoms with Crippen LogP contribution in [0.25, 0.3) is 0 Å². The molecule has 4 aliphatic heterocycles. The molecular weight excluding hydrogens is 512 g/mol. The minimum atomic E-state index is -2.06. The normalized spacial score (nSPS) is 47.6. The summed E-state index contributed by atoms with van der Waals surface area (Å²) in [5.74, 6) is -2.87. The maximum absolute atomic E-state index is 13.9. The van der Waals surface area contributed by atoms with Gasteiger partial charge in [-0.1, -0.05) is 50.6 Å². The molecule has 2 bridgehead atoms. The van der Waals surface area contributed by atoms with Crippen molar-refractivity contribution < 1.29 is 38.7 Å². The van der Waals surface area contributed by atoms with Crippen LogP contribution in [-0.2, 0) is 28.5 Å². The number of carbonyl (C=O) groups excluding carboxylic acids is 2. The second kappa shape index (κ2) is 11.2. The van der Waals surface area contributed by atoms with Gasteiger partial charge < -0.3 is 29.2 Å². The van der Waals surface area contributed by atoms with Crippen molar-refractivity contribution in [2.24, 2.45) is 17.8 Å². The second-order valence-corrected chi connectivity index (χ2v) is 12.6. The zero-order valence-corrected chi connectivity index (χ0v) is 24.3. The van der Waals surface area contributed by atoms with Crippen molar-refractivity contribution in [1.29, 1.82) is 0 Å². The van der Waals surface area contributed by atoms with Crippen LogP contribution in [0.2, 0.25) is 0 Å². The van der Waals surface area contributed by atoms with E-state index >= 15 is 0 Å². The van der Waals surface area contributed by atoms with Gasteiger partial charge >= 0.3 is 11.9 Å². The molecule has 5 aliphatic rings. The molecule has 4 heterocycles. The number of hydrogen-bond donors (Lipinski definition) is 2. The highest BCUT2D eigenvalue weighted by molar-refractivity contribution is 5.97. The molecule has 8 nitrogen and oxygen atoms in total. The molecule has 0 saturated carbocycles. The van der Waals surface area contributed by atoms with Crippen LogP contribution < -0.4 is 0 Å². The molecular formula is C32H44O8. The molecule has 220 valence electrons. The van der Waals surface area contributed by atoms with E-state index in [4.69, 9.17) is 18.9 Å². The maximum Gasteiger partial charge on any atom is 0.337 e. The van der Waals surface area contributed by atoms with Crippen LogP contribution in [0.5, 0.6) is 0 Å². The van der Waals surface area contributed by atoms with Crippen LogP contribution in [0.4, 0.5) is 0 Å². The fraction of sp³-hybridized carbons (Fsp3) is 0.688. The summed E-state index contributed by atoms with van der Waals surface area (Å²) >= 11 is 0. The summed E-state index contributed by atoms with van der Waals surface area (Å²) in [5.41, 5.74) is -0.448. The zero-order chi connectivity index (χ0) is 28.8. The van der Waals surface area contributed by atoms with Gasteiger partial charge in [0.25, 0.3) is 0 Å². The largest absolute Gasteiger partial charge is 0.462 e. The van der Waals surface area contributed by atoms with E-state index in [1.54, 1.807) is 13.0 Å². The Hall–Kier alpha value is -2.26. The highest BCUT2D eigenvalue weighted by atomic mass is 16.7. The molecule has 0 amide bonds. The number of allylic oxidation sites excluding steroid dienone is 4. The molecule has 8 heteroatoms. The first-order chi connectivity index (χ1) is 19.0. The van der Waals surface area contributed by atoms with Gasteiger partial charge in [0.1, 0.15) is 18.1 Å². The van der Waals surface area contributed by atoms with E-state index in [0.29, 0.717) is 30.8 Å². The zero-order valence-electron chi connectivity index (χ0n) is 24.3. The Morgan fingerprint density at radius 3 is 2.62 bits per heavy atom. The van der Waals surface area contributed by atoms with Crippen molar-refractivity contribution in [3.8, 4) is 0 Å². The highest BCUT2D eigenvalue weighted by Crippen LogP contribution is 2.47. The van der Waals surface area contributed by atoms with E-state index in [1.165, 1.54) is 17.7 Å². The second-order valence-electron chi connectivity index (χ2n) is 12.6. The van der Waals surface area contributed by atoms with Crippen molar-refractivity contribution in [3.63, 3.8) is 0 Å². The Bertz CT molecular complexity index is 1140. The first-order valence-corrected chi connectivity index (χ1v) is 14.9. The number of rotatable bonds is 1. The van der Waals surface area contributed by atoms with Crippen LogP contribution in [0.1, 0.15) is 79.6 Å². The van der Waals surface area contributed by atoms with Gasteiger partial charge in [-0.25, -0.2) is 4.79 Å². The van der Waals surface area contributed by atoms with Crippen molar-refractivity contribution >= 4 is 11.9 Å². The number of fused-ring (bicyclic) bond motifs is 2. The third-order valence-electron chi connectivity index (χ3n) is 9.42. The number of esters is 2. The van der Waals surface area contributed by atoms with Crippen LogP contribution in [0.3, 0.4) is 0 Å². The van der Waals surface area contributed by atoms with Gasteiger partial charge in [-0.3, -0.25) is 4.79 Å². The number of hydrogen-bond acceptors (Lipinski definition) is 8. The predicted molar refractivity (Wildman–Crippen MR) is 148 cm³/mol. The number of ether oxygens (including phenoxy) is 4. The van der Waals surface area contributed by atoms with Crippen LogP contribution >= 0.6 is 0 Å². The lowest BCUT2D eigenvalue weighted by Crippen LogP contribution is -2.58. The van der Waals surface area contributed by atoms with E-state index < -0.39 is 47.6 Å². The molecule has 0 aromatic carbocycles. The van der Waals surface area contributed by atoms with Crippen LogP contribution in [0, 0.1) is 17.8 Å². The van der Waals surface area contributed by atoms with Crippen molar-refractivity contribution in [2.45, 2.75) is 121 Å². The summed E-state index contributed by atoms with van der Waals surface area (Å²) in [6, 6.07) is 0. The van der Waals surface area contributed by atoms with Gasteiger partial charge in [0.2, 0.25) is 0 Å². The number of aliphatic hydroxyl groups is 2. The van der Waals surface area contributed by atoms with E-state index in [9.17, 15) is 19.8 Å². The molecule has 1 aliphatic carbocycles. The molecule has 10 atom stereocenters. The fourth-order valence-electron chi connectivity index (χ4n) is 7.15. The maximum atomic E-state index is 13.9. The molecule has 3 saturated heterocycles. The summed E-state index contributed by atoms with van der Waals surface area (Å²) in [6.45, 7) is 10.1. The summed E-state index contributed by atoms with van der Waals surface area (Å²) in [7, 11) is 0. The summed E-state index contributed by atoms with van der Waals surface area (Å²) in [6.07, 6.45) is 10.7. The van der Waals surface area contributed by atoms with Crippen molar-refractivity contribution in [2.75, 3.05) is 0 Å². The Balaban J connectivity index is 1.53. The third-order valence-corrected chi connectivity index (χ3v) is 9.42. The standard InChI is InChI=1S/C32H44O8/c1-6-26-20(4)12-13-31(40-26)17-23-16-22(39-31)11-10-19(3)14-18(2)8-7-9-24-29(34)38-28-27(33)21(5)15-25(30(35)37-23)32(24,28)36/h7-10,15,18,20,22-23,25-28,33,36H,6,11-14,16-17H2,1-5H3/b8-7+,19-10+,24-9+/t18-,20-,22+,23-,25-,26+,27+,28+,31+,32+/m0/s1. The van der Waals surface area contributed by atoms with Crippen molar-refractivity contribution in [1.82, 2.24) is 0 Å². The van der Waals surface area contributed by atoms with E-state index in [2.05, 4.69) is 33.8 Å². The van der Waals surface area contributed by atoms with E-state index in [1.807, 2.05) is 6.08 Å². The molecule has 5 rings (SSSR count). The average Bonchev–Trinajstić information content (AvgIpc) is 3.16.